The van der Waals surface area contributed by atoms with Crippen LogP contribution in [-0.2, 0) is 6.54 Å². The Labute approximate surface area is 125 Å². The van der Waals surface area contributed by atoms with Crippen LogP contribution in [0.2, 0.25) is 0 Å². The van der Waals surface area contributed by atoms with E-state index in [9.17, 15) is 0 Å². The number of nitrogens with one attached hydrogen (secondary N) is 2. The lowest BCUT2D eigenvalue weighted by Crippen LogP contribution is -2.00. The fourth-order valence-corrected chi connectivity index (χ4v) is 2.34. The molecule has 0 aliphatic heterocycles. The minimum absolute atomic E-state index is 0.691. The molecule has 2 N–H and O–H groups in total. The summed E-state index contributed by atoms with van der Waals surface area (Å²) in [4.78, 5) is 8.06. The third-order valence-corrected chi connectivity index (χ3v) is 3.49. The lowest BCUT2D eigenvalue weighted by atomic mass is 10.1. The molecule has 0 amide bonds. The second-order valence-corrected chi connectivity index (χ2v) is 5.24. The number of hydrogen-bond donors (Lipinski definition) is 2. The fraction of sp³-hybridized carbons (Fsp3) is 0.167. The Balaban J connectivity index is 1.76. The number of aromatic nitrogens is 2. The fourth-order valence-electron chi connectivity index (χ4n) is 2.34. The van der Waals surface area contributed by atoms with Crippen LogP contribution < -0.4 is 5.32 Å². The maximum absolute atomic E-state index is 4.71. The molecule has 0 aliphatic rings. The zero-order valence-corrected chi connectivity index (χ0v) is 12.4. The maximum atomic E-state index is 4.71. The summed E-state index contributed by atoms with van der Waals surface area (Å²) in [5.41, 5.74) is 5.64. The number of imidazole rings is 1. The third-order valence-electron chi connectivity index (χ3n) is 3.49. The number of anilines is 1. The Hall–Kier alpha value is -2.55. The number of hydrogen-bond acceptors (Lipinski definition) is 2. The van der Waals surface area contributed by atoms with Crippen LogP contribution in [0.3, 0.4) is 0 Å². The number of nitrogens with zero attached hydrogens (tertiary/aromatic N) is 1. The van der Waals surface area contributed by atoms with Crippen LogP contribution in [0.1, 0.15) is 17.1 Å². The second kappa shape index (κ2) is 5.83. The summed E-state index contributed by atoms with van der Waals surface area (Å²) in [5.74, 6) is 0.951. The molecule has 0 spiro atoms. The molecule has 106 valence electrons. The van der Waals surface area contributed by atoms with Gasteiger partial charge in [-0.2, -0.15) is 0 Å². The molecule has 0 aliphatic carbocycles. The van der Waals surface area contributed by atoms with Crippen molar-refractivity contribution in [1.82, 2.24) is 9.97 Å². The van der Waals surface area contributed by atoms with Gasteiger partial charge in [0.2, 0.25) is 0 Å². The van der Waals surface area contributed by atoms with Gasteiger partial charge in [-0.15, -0.1) is 0 Å². The summed E-state index contributed by atoms with van der Waals surface area (Å²) in [6.07, 6.45) is 0. The molecule has 1 aromatic heterocycles. The molecule has 3 nitrogen and oxygen atoms in total. The van der Waals surface area contributed by atoms with Crippen LogP contribution >= 0.6 is 0 Å². The highest BCUT2D eigenvalue weighted by Crippen LogP contribution is 2.21. The molecule has 0 fully saturated rings. The van der Waals surface area contributed by atoms with Gasteiger partial charge in [0.05, 0.1) is 12.2 Å². The lowest BCUT2D eigenvalue weighted by Gasteiger charge is -2.03. The van der Waals surface area contributed by atoms with Crippen molar-refractivity contribution < 1.29 is 0 Å². The van der Waals surface area contributed by atoms with Crippen LogP contribution in [0.5, 0.6) is 0 Å². The van der Waals surface area contributed by atoms with Gasteiger partial charge in [-0.1, -0.05) is 48.0 Å². The third kappa shape index (κ3) is 3.14. The van der Waals surface area contributed by atoms with Gasteiger partial charge in [0.15, 0.2) is 0 Å². The van der Waals surface area contributed by atoms with Crippen molar-refractivity contribution in [2.24, 2.45) is 0 Å². The van der Waals surface area contributed by atoms with E-state index in [-0.39, 0.29) is 0 Å². The van der Waals surface area contributed by atoms with Gasteiger partial charge in [0.25, 0.3) is 0 Å². The Bertz CT molecular complexity index is 712. The first-order valence-corrected chi connectivity index (χ1v) is 7.14. The molecule has 0 unspecified atom stereocenters. The molecular formula is C18H19N3. The standard InChI is InChI=1S/C18H19N3/c1-13-8-10-15(11-9-13)18-14(2)20-17(21-18)12-19-16-6-4-3-5-7-16/h3-11,19H,12H2,1-2H3,(H,20,21). The summed E-state index contributed by atoms with van der Waals surface area (Å²) >= 11 is 0. The summed E-state index contributed by atoms with van der Waals surface area (Å²) in [5, 5.41) is 3.37. The van der Waals surface area contributed by atoms with Crippen molar-refractivity contribution in [2.45, 2.75) is 20.4 Å². The molecule has 0 atom stereocenters. The average Bonchev–Trinajstić information content (AvgIpc) is 2.88. The lowest BCUT2D eigenvalue weighted by molar-refractivity contribution is 0.993. The molecular weight excluding hydrogens is 258 g/mol. The molecule has 1 heterocycles. The molecule has 0 saturated carbocycles. The van der Waals surface area contributed by atoms with Crippen LogP contribution in [0, 0.1) is 13.8 Å². The van der Waals surface area contributed by atoms with Gasteiger partial charge in [-0.05, 0) is 26.0 Å². The van der Waals surface area contributed by atoms with E-state index < -0.39 is 0 Å². The first-order chi connectivity index (χ1) is 10.2. The molecule has 0 saturated heterocycles. The van der Waals surface area contributed by atoms with Crippen molar-refractivity contribution in [3.05, 3.63) is 71.7 Å². The van der Waals surface area contributed by atoms with Crippen molar-refractivity contribution in [3.8, 4) is 11.3 Å². The number of aryl methyl sites for hydroxylation is 2. The van der Waals surface area contributed by atoms with E-state index in [1.807, 2.05) is 18.2 Å². The second-order valence-electron chi connectivity index (χ2n) is 5.24. The van der Waals surface area contributed by atoms with Crippen LogP contribution in [-0.4, -0.2) is 9.97 Å². The molecule has 3 rings (SSSR count). The zero-order chi connectivity index (χ0) is 14.7. The first kappa shape index (κ1) is 13.4. The van der Waals surface area contributed by atoms with Crippen LogP contribution in [0.15, 0.2) is 54.6 Å². The predicted molar refractivity (Wildman–Crippen MR) is 87.3 cm³/mol. The van der Waals surface area contributed by atoms with Crippen molar-refractivity contribution in [2.75, 3.05) is 5.32 Å². The Morgan fingerprint density at radius 1 is 0.952 bits per heavy atom. The van der Waals surface area contributed by atoms with Crippen molar-refractivity contribution in [1.29, 1.82) is 0 Å². The normalized spacial score (nSPS) is 10.6. The van der Waals surface area contributed by atoms with Gasteiger partial charge in [0.1, 0.15) is 5.82 Å². The Morgan fingerprint density at radius 2 is 1.67 bits per heavy atom. The number of rotatable bonds is 4. The average molecular weight is 277 g/mol. The molecule has 0 bridgehead atoms. The van der Waals surface area contributed by atoms with E-state index in [1.54, 1.807) is 0 Å². The quantitative estimate of drug-likeness (QED) is 0.746. The summed E-state index contributed by atoms with van der Waals surface area (Å²) in [7, 11) is 0. The van der Waals surface area contributed by atoms with E-state index in [0.717, 1.165) is 28.5 Å². The first-order valence-electron chi connectivity index (χ1n) is 7.14. The van der Waals surface area contributed by atoms with E-state index in [4.69, 9.17) is 4.98 Å². The smallest absolute Gasteiger partial charge is 0.126 e. The van der Waals surface area contributed by atoms with Crippen molar-refractivity contribution >= 4 is 5.69 Å². The minimum Gasteiger partial charge on any atom is -0.378 e. The SMILES string of the molecule is Cc1ccc(-c2nc(CNc3ccccc3)[nH]c2C)cc1. The number of H-pyrrole nitrogens is 1. The van der Waals surface area contributed by atoms with Gasteiger partial charge in [0, 0.05) is 16.9 Å². The maximum Gasteiger partial charge on any atom is 0.126 e. The molecule has 0 radical (unpaired) electrons. The van der Waals surface area contributed by atoms with Crippen LogP contribution in [0.25, 0.3) is 11.3 Å². The summed E-state index contributed by atoms with van der Waals surface area (Å²) in [6.45, 7) is 4.85. The highest BCUT2D eigenvalue weighted by molar-refractivity contribution is 5.62. The van der Waals surface area contributed by atoms with Gasteiger partial charge in [-0.25, -0.2) is 4.98 Å². The summed E-state index contributed by atoms with van der Waals surface area (Å²) in [6, 6.07) is 18.6. The highest BCUT2D eigenvalue weighted by atomic mass is 15.0. The molecule has 2 aromatic carbocycles. The molecule has 3 aromatic rings. The topological polar surface area (TPSA) is 40.7 Å². The predicted octanol–water partition coefficient (Wildman–Crippen LogP) is 4.31. The van der Waals surface area contributed by atoms with Gasteiger partial charge < -0.3 is 10.3 Å². The number of aromatic amines is 1. The van der Waals surface area contributed by atoms with E-state index in [2.05, 4.69) is 60.5 Å². The molecule has 21 heavy (non-hydrogen) atoms. The van der Waals surface area contributed by atoms with E-state index >= 15 is 0 Å². The zero-order valence-electron chi connectivity index (χ0n) is 12.4. The van der Waals surface area contributed by atoms with Crippen molar-refractivity contribution in [3.63, 3.8) is 0 Å². The Kier molecular flexibility index (Phi) is 3.73. The Morgan fingerprint density at radius 3 is 2.38 bits per heavy atom. The summed E-state index contributed by atoms with van der Waals surface area (Å²) < 4.78 is 0. The number of benzene rings is 2. The van der Waals surface area contributed by atoms with E-state index in [1.165, 1.54) is 5.56 Å². The largest absolute Gasteiger partial charge is 0.378 e. The van der Waals surface area contributed by atoms with Crippen LogP contribution in [0.4, 0.5) is 5.69 Å². The monoisotopic (exact) mass is 277 g/mol. The van der Waals surface area contributed by atoms with Gasteiger partial charge in [-0.3, -0.25) is 0 Å². The van der Waals surface area contributed by atoms with E-state index in [0.29, 0.717) is 6.54 Å². The number of para-hydroxylation sites is 1. The molecule has 3 heteroatoms. The highest BCUT2D eigenvalue weighted by Gasteiger charge is 2.08. The van der Waals surface area contributed by atoms with Gasteiger partial charge >= 0.3 is 0 Å². The minimum atomic E-state index is 0.691.